The molecule has 158 valence electrons. The molecule has 2 N–H and O–H groups in total. The Morgan fingerprint density at radius 2 is 2.03 bits per heavy atom. The highest BCUT2D eigenvalue weighted by molar-refractivity contribution is 7.17. The predicted octanol–water partition coefficient (Wildman–Crippen LogP) is 4.40. The number of anilines is 1. The molecule has 2 aromatic heterocycles. The number of carbonyl (C=O) groups is 2. The molecule has 30 heavy (non-hydrogen) atoms. The molecule has 0 fully saturated rings. The summed E-state index contributed by atoms with van der Waals surface area (Å²) < 4.78 is 6.85. The van der Waals surface area contributed by atoms with E-state index in [4.69, 9.17) is 16.3 Å². The Balaban J connectivity index is 1.66. The van der Waals surface area contributed by atoms with Crippen molar-refractivity contribution < 1.29 is 14.3 Å². The van der Waals surface area contributed by atoms with Gasteiger partial charge in [-0.3, -0.25) is 9.59 Å². The first kappa shape index (κ1) is 20.9. The molecule has 1 aliphatic rings. The van der Waals surface area contributed by atoms with Gasteiger partial charge in [0.2, 0.25) is 0 Å². The normalized spacial score (nSPS) is 13.3. The van der Waals surface area contributed by atoms with Crippen molar-refractivity contribution in [2.24, 2.45) is 7.05 Å². The van der Waals surface area contributed by atoms with E-state index >= 15 is 0 Å². The number of halogens is 1. The summed E-state index contributed by atoms with van der Waals surface area (Å²) in [5.74, 6) is -0.420. The van der Waals surface area contributed by atoms with E-state index in [0.29, 0.717) is 34.4 Å². The molecular weight excluding hydrogens is 422 g/mol. The van der Waals surface area contributed by atoms with Crippen molar-refractivity contribution in [3.63, 3.8) is 0 Å². The average molecular weight is 446 g/mol. The molecule has 0 unspecified atom stereocenters. The molecule has 3 aromatic rings. The van der Waals surface area contributed by atoms with E-state index in [1.54, 1.807) is 19.2 Å². The van der Waals surface area contributed by atoms with E-state index < -0.39 is 0 Å². The number of ether oxygens (including phenoxy) is 1. The Bertz CT molecular complexity index is 1120. The molecule has 1 aliphatic carbocycles. The molecule has 0 bridgehead atoms. The second-order valence-electron chi connectivity index (χ2n) is 7.38. The molecule has 6 nitrogen and oxygen atoms in total. The van der Waals surface area contributed by atoms with Crippen molar-refractivity contribution in [3.8, 4) is 0 Å². The monoisotopic (exact) mass is 445 g/mol. The van der Waals surface area contributed by atoms with E-state index in [1.165, 1.54) is 16.2 Å². The first-order valence-electron chi connectivity index (χ1n) is 9.98. The second-order valence-corrected chi connectivity index (χ2v) is 8.89. The van der Waals surface area contributed by atoms with Crippen LogP contribution < -0.4 is 10.6 Å². The third-order valence-electron chi connectivity index (χ3n) is 5.48. The fourth-order valence-corrected chi connectivity index (χ4v) is 5.46. The van der Waals surface area contributed by atoms with Crippen LogP contribution in [-0.2, 0) is 24.6 Å². The summed E-state index contributed by atoms with van der Waals surface area (Å²) in [4.78, 5) is 27.2. The minimum Gasteiger partial charge on any atom is -0.383 e. The number of aromatic nitrogens is 1. The van der Waals surface area contributed by atoms with Gasteiger partial charge in [0.05, 0.1) is 12.2 Å². The number of hydrogen-bond acceptors (Lipinski definition) is 4. The number of benzene rings is 1. The molecule has 0 saturated carbocycles. The summed E-state index contributed by atoms with van der Waals surface area (Å²) >= 11 is 7.81. The van der Waals surface area contributed by atoms with Crippen LogP contribution in [0.4, 0.5) is 5.00 Å². The Morgan fingerprint density at radius 3 is 2.80 bits per heavy atom. The van der Waals surface area contributed by atoms with Gasteiger partial charge in [-0.05, 0) is 49.4 Å². The lowest BCUT2D eigenvalue weighted by Crippen LogP contribution is -2.29. The molecular formula is C22H24ClN3O3S. The summed E-state index contributed by atoms with van der Waals surface area (Å²) in [5.41, 5.74) is 3.04. The largest absolute Gasteiger partial charge is 0.383 e. The minimum absolute atomic E-state index is 0.165. The summed E-state index contributed by atoms with van der Waals surface area (Å²) in [6.45, 7) is 0.867. The highest BCUT2D eigenvalue weighted by Crippen LogP contribution is 2.38. The maximum atomic E-state index is 13.1. The Labute approximate surface area is 184 Å². The van der Waals surface area contributed by atoms with Crippen molar-refractivity contribution >= 4 is 50.7 Å². The number of fused-ring (bicyclic) bond motifs is 2. The zero-order valence-corrected chi connectivity index (χ0v) is 18.6. The fourth-order valence-electron chi connectivity index (χ4n) is 3.96. The van der Waals surface area contributed by atoms with Gasteiger partial charge in [0.1, 0.15) is 10.7 Å². The van der Waals surface area contributed by atoms with Crippen molar-refractivity contribution in [2.75, 3.05) is 25.6 Å². The molecule has 0 spiro atoms. The van der Waals surface area contributed by atoms with Gasteiger partial charge >= 0.3 is 0 Å². The zero-order chi connectivity index (χ0) is 21.3. The average Bonchev–Trinajstić information content (AvgIpc) is 3.26. The molecule has 0 saturated heterocycles. The number of rotatable bonds is 6. The summed E-state index contributed by atoms with van der Waals surface area (Å²) in [6, 6.07) is 7.39. The topological polar surface area (TPSA) is 72.4 Å². The van der Waals surface area contributed by atoms with Gasteiger partial charge in [0.25, 0.3) is 11.8 Å². The molecule has 2 heterocycles. The maximum Gasteiger partial charge on any atom is 0.272 e. The van der Waals surface area contributed by atoms with Crippen molar-refractivity contribution in [1.29, 1.82) is 0 Å². The number of nitrogens with zero attached hydrogens (tertiary/aromatic N) is 1. The standard InChI is InChI=1S/C22H24ClN3O3S/c1-26-16-8-5-7-15(23)14(16)12-17(26)20(27)25-22-19(21(28)24-10-11-29-2)13-6-3-4-9-18(13)30-22/h5,7-8,12H,3-4,6,9-11H2,1-2H3,(H,24,28)(H,25,27). The van der Waals surface area contributed by atoms with Crippen LogP contribution in [0.25, 0.3) is 10.9 Å². The van der Waals surface area contributed by atoms with Gasteiger partial charge in [-0.1, -0.05) is 17.7 Å². The van der Waals surface area contributed by atoms with Crippen LogP contribution in [0, 0.1) is 0 Å². The maximum absolute atomic E-state index is 13.1. The fraction of sp³-hybridized carbons (Fsp3) is 0.364. The van der Waals surface area contributed by atoms with E-state index in [-0.39, 0.29) is 11.8 Å². The van der Waals surface area contributed by atoms with Gasteiger partial charge in [0, 0.05) is 41.5 Å². The molecule has 8 heteroatoms. The molecule has 4 rings (SSSR count). The molecule has 0 radical (unpaired) electrons. The van der Waals surface area contributed by atoms with Gasteiger partial charge in [-0.2, -0.15) is 0 Å². The van der Waals surface area contributed by atoms with Gasteiger partial charge < -0.3 is 19.9 Å². The quantitative estimate of drug-likeness (QED) is 0.552. The van der Waals surface area contributed by atoms with Crippen molar-refractivity contribution in [1.82, 2.24) is 9.88 Å². The van der Waals surface area contributed by atoms with Crippen LogP contribution >= 0.6 is 22.9 Å². The third kappa shape index (κ3) is 3.85. The lowest BCUT2D eigenvalue weighted by atomic mass is 9.95. The number of methoxy groups -OCH3 is 1. The summed E-state index contributed by atoms with van der Waals surface area (Å²) in [6.07, 6.45) is 3.96. The van der Waals surface area contributed by atoms with Crippen LogP contribution in [-0.4, -0.2) is 36.6 Å². The lowest BCUT2D eigenvalue weighted by Gasteiger charge is -2.13. The molecule has 2 amide bonds. The van der Waals surface area contributed by atoms with Gasteiger partial charge in [-0.15, -0.1) is 11.3 Å². The van der Waals surface area contributed by atoms with Gasteiger partial charge in [0.15, 0.2) is 0 Å². The van der Waals surface area contributed by atoms with Crippen LogP contribution in [0.2, 0.25) is 5.02 Å². The zero-order valence-electron chi connectivity index (χ0n) is 17.0. The Kier molecular flexibility index (Phi) is 6.13. The first-order chi connectivity index (χ1) is 14.5. The SMILES string of the molecule is COCCNC(=O)c1c(NC(=O)c2cc3c(Cl)cccc3n2C)sc2c1CCCC2. The molecule has 0 aliphatic heterocycles. The number of thiophene rings is 1. The van der Waals surface area contributed by atoms with E-state index in [2.05, 4.69) is 10.6 Å². The molecule has 1 aromatic carbocycles. The molecule has 0 atom stereocenters. The van der Waals surface area contributed by atoms with E-state index in [0.717, 1.165) is 42.1 Å². The number of nitrogens with one attached hydrogen (secondary N) is 2. The van der Waals surface area contributed by atoms with Crippen LogP contribution in [0.5, 0.6) is 0 Å². The number of aryl methyl sites for hydroxylation is 2. The Hall–Kier alpha value is -2.35. The minimum atomic E-state index is -0.255. The van der Waals surface area contributed by atoms with Crippen LogP contribution in [0.1, 0.15) is 44.1 Å². The highest BCUT2D eigenvalue weighted by Gasteiger charge is 2.27. The lowest BCUT2D eigenvalue weighted by molar-refractivity contribution is 0.0937. The third-order valence-corrected chi connectivity index (χ3v) is 7.02. The smallest absolute Gasteiger partial charge is 0.272 e. The van der Waals surface area contributed by atoms with E-state index in [1.807, 2.05) is 23.7 Å². The highest BCUT2D eigenvalue weighted by atomic mass is 35.5. The van der Waals surface area contributed by atoms with Crippen LogP contribution in [0.15, 0.2) is 24.3 Å². The van der Waals surface area contributed by atoms with Crippen molar-refractivity contribution in [3.05, 3.63) is 51.0 Å². The van der Waals surface area contributed by atoms with Crippen molar-refractivity contribution in [2.45, 2.75) is 25.7 Å². The number of carbonyl (C=O) groups excluding carboxylic acids is 2. The summed E-state index contributed by atoms with van der Waals surface area (Å²) in [5, 5.41) is 7.94. The predicted molar refractivity (Wildman–Crippen MR) is 121 cm³/mol. The summed E-state index contributed by atoms with van der Waals surface area (Å²) in [7, 11) is 3.44. The Morgan fingerprint density at radius 1 is 1.23 bits per heavy atom. The number of amides is 2. The second kappa shape index (κ2) is 8.79. The first-order valence-corrected chi connectivity index (χ1v) is 11.2. The number of hydrogen-bond donors (Lipinski definition) is 2. The van der Waals surface area contributed by atoms with Crippen LogP contribution in [0.3, 0.4) is 0 Å². The van der Waals surface area contributed by atoms with E-state index in [9.17, 15) is 9.59 Å². The van der Waals surface area contributed by atoms with Gasteiger partial charge in [-0.25, -0.2) is 0 Å².